The van der Waals surface area contributed by atoms with Crippen LogP contribution in [0.4, 0.5) is 0 Å². The summed E-state index contributed by atoms with van der Waals surface area (Å²) in [6.45, 7) is 6.16. The Bertz CT molecular complexity index is 244. The molecule has 0 saturated carbocycles. The van der Waals surface area contributed by atoms with Gasteiger partial charge in [-0.1, -0.05) is 74.0 Å². The third-order valence-electron chi connectivity index (χ3n) is 4.08. The van der Waals surface area contributed by atoms with Crippen LogP contribution in [0.2, 0.25) is 0 Å². The summed E-state index contributed by atoms with van der Waals surface area (Å²) in [6.07, 6.45) is 20.4. The van der Waals surface area contributed by atoms with E-state index in [-0.39, 0.29) is 6.29 Å². The lowest BCUT2D eigenvalue weighted by atomic mass is 10.1. The maximum atomic E-state index is 5.96. The number of alkyl halides is 1. The molecule has 0 radical (unpaired) electrons. The van der Waals surface area contributed by atoms with Gasteiger partial charge in [-0.15, -0.1) is 0 Å². The van der Waals surface area contributed by atoms with E-state index < -0.39 is 0 Å². The van der Waals surface area contributed by atoms with Crippen molar-refractivity contribution in [2.45, 2.75) is 104 Å². The van der Waals surface area contributed by atoms with Gasteiger partial charge in [0.1, 0.15) is 0 Å². The minimum absolute atomic E-state index is 0.0215. The van der Waals surface area contributed by atoms with Gasteiger partial charge in [0.15, 0.2) is 6.29 Å². The second-order valence-corrected chi connectivity index (χ2v) is 7.32. The van der Waals surface area contributed by atoms with E-state index in [0.29, 0.717) is 0 Å². The van der Waals surface area contributed by atoms with Gasteiger partial charge in [-0.2, -0.15) is 0 Å². The molecule has 0 aliphatic rings. The Balaban J connectivity index is 3.70. The predicted octanol–water partition coefficient (Wildman–Crippen LogP) is 7.41. The molecule has 0 spiro atoms. The first-order valence-electron chi connectivity index (χ1n) is 10.3. The molecule has 0 bridgehead atoms. The zero-order valence-corrected chi connectivity index (χ0v) is 17.8. The predicted molar refractivity (Wildman–Crippen MR) is 110 cm³/mol. The van der Waals surface area contributed by atoms with Crippen LogP contribution in [0, 0.1) is 0 Å². The molecule has 0 rings (SSSR count). The molecule has 0 saturated heterocycles. The molecule has 2 nitrogen and oxygen atoms in total. The molecule has 0 aliphatic heterocycles. The summed E-state index contributed by atoms with van der Waals surface area (Å²) in [7, 11) is 0. The van der Waals surface area contributed by atoms with E-state index in [1.165, 1.54) is 64.2 Å². The maximum Gasteiger partial charge on any atom is 0.157 e. The Labute approximate surface area is 159 Å². The fourth-order valence-electron chi connectivity index (χ4n) is 2.53. The molecule has 24 heavy (non-hydrogen) atoms. The summed E-state index contributed by atoms with van der Waals surface area (Å²) in [5.74, 6) is 0. The lowest BCUT2D eigenvalue weighted by molar-refractivity contribution is -0.148. The van der Waals surface area contributed by atoms with Crippen LogP contribution in [0.15, 0.2) is 12.2 Å². The highest BCUT2D eigenvalue weighted by Gasteiger charge is 2.08. The summed E-state index contributed by atoms with van der Waals surface area (Å²) in [5, 5.41) is 1.11. The minimum Gasteiger partial charge on any atom is -0.353 e. The van der Waals surface area contributed by atoms with E-state index in [4.69, 9.17) is 9.47 Å². The van der Waals surface area contributed by atoms with Gasteiger partial charge in [-0.3, -0.25) is 0 Å². The first kappa shape index (κ1) is 24.1. The van der Waals surface area contributed by atoms with Crippen LogP contribution in [0.1, 0.15) is 97.3 Å². The number of ether oxygens (including phenoxy) is 2. The molecule has 0 aromatic carbocycles. The second-order valence-electron chi connectivity index (χ2n) is 6.53. The third-order valence-corrected chi connectivity index (χ3v) is 4.65. The van der Waals surface area contributed by atoms with Gasteiger partial charge in [0.2, 0.25) is 0 Å². The molecule has 0 fully saturated rings. The Morgan fingerprint density at radius 3 is 1.83 bits per heavy atom. The van der Waals surface area contributed by atoms with E-state index in [9.17, 15) is 0 Å². The van der Waals surface area contributed by atoms with Crippen molar-refractivity contribution in [3.8, 4) is 0 Å². The molecule has 0 unspecified atom stereocenters. The lowest BCUT2D eigenvalue weighted by Crippen LogP contribution is -2.19. The van der Waals surface area contributed by atoms with Crippen molar-refractivity contribution in [3.63, 3.8) is 0 Å². The number of unbranched alkanes of at least 4 members (excludes halogenated alkanes) is 8. The van der Waals surface area contributed by atoms with E-state index in [2.05, 4.69) is 41.9 Å². The highest BCUT2D eigenvalue weighted by Crippen LogP contribution is 2.12. The van der Waals surface area contributed by atoms with Crippen molar-refractivity contribution in [1.29, 1.82) is 0 Å². The van der Waals surface area contributed by atoms with Crippen LogP contribution < -0.4 is 0 Å². The average molecular weight is 405 g/mol. The fourth-order valence-corrected chi connectivity index (χ4v) is 2.85. The normalized spacial score (nSPS) is 11.8. The standard InChI is InChI=1S/C21H41BrO2/c1-3-5-15-19-23-21(24-20-16-6-4-2)17-13-11-9-7-8-10-12-14-18-22/h8,10,21H,3-7,9,11-20H2,1-2H3/b10-8-. The van der Waals surface area contributed by atoms with E-state index in [1.54, 1.807) is 0 Å². The number of hydrogen-bond acceptors (Lipinski definition) is 2. The molecule has 144 valence electrons. The molecule has 3 heteroatoms. The van der Waals surface area contributed by atoms with Crippen LogP contribution in [0.5, 0.6) is 0 Å². The highest BCUT2D eigenvalue weighted by atomic mass is 79.9. The summed E-state index contributed by atoms with van der Waals surface area (Å²) >= 11 is 3.46. The monoisotopic (exact) mass is 404 g/mol. The van der Waals surface area contributed by atoms with Crippen LogP contribution in [0.25, 0.3) is 0 Å². The Kier molecular flexibility index (Phi) is 21.3. The Morgan fingerprint density at radius 2 is 1.29 bits per heavy atom. The van der Waals surface area contributed by atoms with Crippen molar-refractivity contribution < 1.29 is 9.47 Å². The van der Waals surface area contributed by atoms with Gasteiger partial charge < -0.3 is 9.47 Å². The number of hydrogen-bond donors (Lipinski definition) is 0. The van der Waals surface area contributed by atoms with Crippen LogP contribution in [-0.2, 0) is 9.47 Å². The van der Waals surface area contributed by atoms with Gasteiger partial charge in [0, 0.05) is 18.5 Å². The first-order chi connectivity index (χ1) is 11.8. The van der Waals surface area contributed by atoms with Crippen molar-refractivity contribution in [2.75, 3.05) is 18.5 Å². The highest BCUT2D eigenvalue weighted by molar-refractivity contribution is 9.09. The van der Waals surface area contributed by atoms with Crippen LogP contribution in [0.3, 0.4) is 0 Å². The van der Waals surface area contributed by atoms with Gasteiger partial charge >= 0.3 is 0 Å². The number of halogens is 1. The lowest BCUT2D eigenvalue weighted by Gasteiger charge is -2.18. The molecule has 0 aromatic rings. The average Bonchev–Trinajstić information content (AvgIpc) is 2.60. The molecular weight excluding hydrogens is 364 g/mol. The van der Waals surface area contributed by atoms with Crippen molar-refractivity contribution in [1.82, 2.24) is 0 Å². The zero-order valence-electron chi connectivity index (χ0n) is 16.2. The molecule has 0 aromatic heterocycles. The Morgan fingerprint density at radius 1 is 0.708 bits per heavy atom. The SMILES string of the molecule is CCCCCOC(CCCCC/C=C\CCCBr)OCCCCC. The first-order valence-corrected chi connectivity index (χ1v) is 11.4. The Hall–Kier alpha value is 0.140. The summed E-state index contributed by atoms with van der Waals surface area (Å²) in [5.41, 5.74) is 0. The van der Waals surface area contributed by atoms with E-state index in [0.717, 1.165) is 37.8 Å². The molecule has 0 atom stereocenters. The van der Waals surface area contributed by atoms with Gasteiger partial charge in [0.05, 0.1) is 0 Å². The topological polar surface area (TPSA) is 18.5 Å². The van der Waals surface area contributed by atoms with Gasteiger partial charge in [-0.05, 0) is 51.4 Å². The van der Waals surface area contributed by atoms with Crippen molar-refractivity contribution in [3.05, 3.63) is 12.2 Å². The number of allylic oxidation sites excluding steroid dienone is 2. The van der Waals surface area contributed by atoms with E-state index in [1.807, 2.05) is 0 Å². The quantitative estimate of drug-likeness (QED) is 0.0964. The van der Waals surface area contributed by atoms with Gasteiger partial charge in [0.25, 0.3) is 0 Å². The van der Waals surface area contributed by atoms with Crippen molar-refractivity contribution in [2.24, 2.45) is 0 Å². The smallest absolute Gasteiger partial charge is 0.157 e. The molecular formula is C21H41BrO2. The van der Waals surface area contributed by atoms with E-state index >= 15 is 0 Å². The summed E-state index contributed by atoms with van der Waals surface area (Å²) < 4.78 is 11.9. The van der Waals surface area contributed by atoms with Crippen molar-refractivity contribution >= 4 is 15.9 Å². The molecule has 0 N–H and O–H groups in total. The largest absolute Gasteiger partial charge is 0.353 e. The van der Waals surface area contributed by atoms with Gasteiger partial charge in [-0.25, -0.2) is 0 Å². The minimum atomic E-state index is 0.0215. The summed E-state index contributed by atoms with van der Waals surface area (Å²) in [6, 6.07) is 0. The molecule has 0 aliphatic carbocycles. The second kappa shape index (κ2) is 21.2. The van der Waals surface area contributed by atoms with Crippen LogP contribution >= 0.6 is 15.9 Å². The maximum absolute atomic E-state index is 5.96. The third kappa shape index (κ3) is 18.5. The molecule has 0 heterocycles. The fraction of sp³-hybridized carbons (Fsp3) is 0.905. The zero-order chi connectivity index (χ0) is 17.7. The summed E-state index contributed by atoms with van der Waals surface area (Å²) in [4.78, 5) is 0. The molecule has 0 amide bonds. The number of rotatable bonds is 19. The van der Waals surface area contributed by atoms with Crippen LogP contribution in [-0.4, -0.2) is 24.8 Å².